The molecule has 110 valence electrons. The van der Waals surface area contributed by atoms with Crippen LogP contribution in [0.25, 0.3) is 0 Å². The molecule has 4 nitrogen and oxygen atoms in total. The second-order valence-corrected chi connectivity index (χ2v) is 6.18. The molecule has 0 bridgehead atoms. The molecular weight excluding hydrogens is 254 g/mol. The predicted octanol–water partition coefficient (Wildman–Crippen LogP) is 2.40. The van der Waals surface area contributed by atoms with E-state index >= 15 is 0 Å². The molecular formula is C16H23NO3. The van der Waals surface area contributed by atoms with Gasteiger partial charge in [-0.15, -0.1) is 0 Å². The highest BCUT2D eigenvalue weighted by molar-refractivity contribution is 5.72. The number of esters is 1. The summed E-state index contributed by atoms with van der Waals surface area (Å²) in [6.07, 6.45) is 0.940. The lowest BCUT2D eigenvalue weighted by atomic mass is 9.99. The van der Waals surface area contributed by atoms with E-state index in [9.17, 15) is 4.79 Å². The van der Waals surface area contributed by atoms with E-state index in [0.29, 0.717) is 6.54 Å². The number of fused-ring (bicyclic) bond motifs is 1. The summed E-state index contributed by atoms with van der Waals surface area (Å²) in [6.45, 7) is 7.69. The van der Waals surface area contributed by atoms with Crippen LogP contribution < -0.4 is 4.74 Å². The molecule has 1 aromatic rings. The molecule has 1 aromatic carbocycles. The Kier molecular flexibility index (Phi) is 4.33. The number of carbonyl (C=O) groups excluding carboxylic acids is 1. The van der Waals surface area contributed by atoms with Gasteiger partial charge in [-0.2, -0.15) is 0 Å². The van der Waals surface area contributed by atoms with Crippen molar-refractivity contribution in [2.45, 2.75) is 39.3 Å². The fourth-order valence-corrected chi connectivity index (χ4v) is 2.41. The van der Waals surface area contributed by atoms with Crippen molar-refractivity contribution in [1.82, 2.24) is 4.90 Å². The number of hydrogen-bond acceptors (Lipinski definition) is 4. The summed E-state index contributed by atoms with van der Waals surface area (Å²) >= 11 is 0. The normalized spacial score (nSPS) is 15.6. The van der Waals surface area contributed by atoms with Crippen molar-refractivity contribution in [1.29, 1.82) is 0 Å². The lowest BCUT2D eigenvalue weighted by Gasteiger charge is -2.29. The van der Waals surface area contributed by atoms with E-state index in [2.05, 4.69) is 17.0 Å². The van der Waals surface area contributed by atoms with Gasteiger partial charge in [-0.05, 0) is 50.5 Å². The Morgan fingerprint density at radius 1 is 1.30 bits per heavy atom. The lowest BCUT2D eigenvalue weighted by molar-refractivity contribution is -0.156. The number of nitrogens with zero attached hydrogens (tertiary/aromatic N) is 1. The highest BCUT2D eigenvalue weighted by Gasteiger charge is 2.22. The van der Waals surface area contributed by atoms with Gasteiger partial charge >= 0.3 is 5.97 Å². The van der Waals surface area contributed by atoms with Crippen LogP contribution >= 0.6 is 0 Å². The number of carbonyl (C=O) groups is 1. The summed E-state index contributed by atoms with van der Waals surface area (Å²) < 4.78 is 10.6. The Morgan fingerprint density at radius 3 is 2.70 bits per heavy atom. The van der Waals surface area contributed by atoms with Crippen molar-refractivity contribution in [2.75, 3.05) is 20.2 Å². The van der Waals surface area contributed by atoms with Crippen LogP contribution in [-0.4, -0.2) is 36.7 Å². The molecule has 1 aliphatic heterocycles. The van der Waals surface area contributed by atoms with Gasteiger partial charge in [-0.1, -0.05) is 6.07 Å². The monoisotopic (exact) mass is 277 g/mol. The van der Waals surface area contributed by atoms with Gasteiger partial charge in [0.25, 0.3) is 0 Å². The summed E-state index contributed by atoms with van der Waals surface area (Å²) in [5, 5.41) is 0. The van der Waals surface area contributed by atoms with Crippen LogP contribution in [0.2, 0.25) is 0 Å². The Morgan fingerprint density at radius 2 is 2.05 bits per heavy atom. The van der Waals surface area contributed by atoms with Gasteiger partial charge in [0.2, 0.25) is 0 Å². The predicted molar refractivity (Wildman–Crippen MR) is 77.8 cm³/mol. The van der Waals surface area contributed by atoms with Gasteiger partial charge in [-0.25, -0.2) is 0 Å². The van der Waals surface area contributed by atoms with Gasteiger partial charge in [0, 0.05) is 13.1 Å². The molecule has 0 saturated carbocycles. The first kappa shape index (κ1) is 14.9. The molecule has 0 atom stereocenters. The smallest absolute Gasteiger partial charge is 0.320 e. The largest absolute Gasteiger partial charge is 0.497 e. The minimum Gasteiger partial charge on any atom is -0.497 e. The number of hydrogen-bond donors (Lipinski definition) is 0. The summed E-state index contributed by atoms with van der Waals surface area (Å²) in [5.74, 6) is 0.735. The topological polar surface area (TPSA) is 38.8 Å². The fraction of sp³-hybridized carbons (Fsp3) is 0.562. The second-order valence-electron chi connectivity index (χ2n) is 6.18. The Labute approximate surface area is 120 Å². The van der Waals surface area contributed by atoms with Crippen LogP contribution in [0.15, 0.2) is 18.2 Å². The molecule has 0 fully saturated rings. The van der Waals surface area contributed by atoms with E-state index < -0.39 is 5.60 Å². The van der Waals surface area contributed by atoms with Crippen LogP contribution in [0.5, 0.6) is 5.75 Å². The van der Waals surface area contributed by atoms with E-state index in [0.717, 1.165) is 25.3 Å². The van der Waals surface area contributed by atoms with E-state index in [1.165, 1.54) is 11.1 Å². The average molecular weight is 277 g/mol. The molecule has 0 saturated heterocycles. The van der Waals surface area contributed by atoms with E-state index in [1.807, 2.05) is 26.8 Å². The standard InChI is InChI=1S/C16H23NO3/c1-16(2,3)20-15(18)11-17-8-7-12-9-14(19-4)6-5-13(12)10-17/h5-6,9H,7-8,10-11H2,1-4H3. The van der Waals surface area contributed by atoms with Crippen LogP contribution in [-0.2, 0) is 22.5 Å². The van der Waals surface area contributed by atoms with Crippen molar-refractivity contribution in [3.63, 3.8) is 0 Å². The maximum Gasteiger partial charge on any atom is 0.320 e. The molecule has 2 rings (SSSR count). The average Bonchev–Trinajstić information content (AvgIpc) is 2.35. The molecule has 4 heteroatoms. The van der Waals surface area contributed by atoms with Crippen LogP contribution in [0.3, 0.4) is 0 Å². The zero-order valence-corrected chi connectivity index (χ0v) is 12.7. The zero-order chi connectivity index (χ0) is 14.8. The maximum absolute atomic E-state index is 11.9. The fourth-order valence-electron chi connectivity index (χ4n) is 2.41. The molecule has 0 spiro atoms. The van der Waals surface area contributed by atoms with Crippen molar-refractivity contribution < 1.29 is 14.3 Å². The second kappa shape index (κ2) is 5.83. The first-order chi connectivity index (χ1) is 9.37. The third-order valence-corrected chi connectivity index (χ3v) is 3.28. The first-order valence-corrected chi connectivity index (χ1v) is 6.97. The molecule has 0 unspecified atom stereocenters. The molecule has 0 N–H and O–H groups in total. The molecule has 1 aliphatic rings. The van der Waals surface area contributed by atoms with E-state index in [1.54, 1.807) is 7.11 Å². The third kappa shape index (κ3) is 3.97. The Hall–Kier alpha value is -1.55. The Balaban J connectivity index is 1.96. The SMILES string of the molecule is COc1ccc2c(c1)CCN(CC(=O)OC(C)(C)C)C2. The number of benzene rings is 1. The van der Waals surface area contributed by atoms with Gasteiger partial charge in [-0.3, -0.25) is 9.69 Å². The maximum atomic E-state index is 11.9. The van der Waals surface area contributed by atoms with E-state index in [-0.39, 0.29) is 5.97 Å². The number of ether oxygens (including phenoxy) is 2. The molecule has 0 radical (unpaired) electrons. The van der Waals surface area contributed by atoms with Crippen molar-refractivity contribution in [2.24, 2.45) is 0 Å². The zero-order valence-electron chi connectivity index (χ0n) is 12.7. The molecule has 1 heterocycles. The molecule has 0 aromatic heterocycles. The number of methoxy groups -OCH3 is 1. The van der Waals surface area contributed by atoms with Crippen LogP contribution in [0, 0.1) is 0 Å². The van der Waals surface area contributed by atoms with Crippen molar-refractivity contribution >= 4 is 5.97 Å². The van der Waals surface area contributed by atoms with Crippen LogP contribution in [0.4, 0.5) is 0 Å². The highest BCUT2D eigenvalue weighted by Crippen LogP contribution is 2.23. The Bertz CT molecular complexity index is 491. The minimum absolute atomic E-state index is 0.158. The van der Waals surface area contributed by atoms with Crippen LogP contribution in [0.1, 0.15) is 31.9 Å². The first-order valence-electron chi connectivity index (χ1n) is 6.97. The summed E-state index contributed by atoms with van der Waals surface area (Å²) in [7, 11) is 1.68. The summed E-state index contributed by atoms with van der Waals surface area (Å²) in [6, 6.07) is 6.13. The minimum atomic E-state index is -0.419. The van der Waals surface area contributed by atoms with Gasteiger partial charge in [0.15, 0.2) is 0 Å². The summed E-state index contributed by atoms with van der Waals surface area (Å²) in [5.41, 5.74) is 2.16. The highest BCUT2D eigenvalue weighted by atomic mass is 16.6. The summed E-state index contributed by atoms with van der Waals surface area (Å²) in [4.78, 5) is 14.0. The molecule has 0 aliphatic carbocycles. The van der Waals surface area contributed by atoms with Gasteiger partial charge in [0.05, 0.1) is 13.7 Å². The molecule has 20 heavy (non-hydrogen) atoms. The van der Waals surface area contributed by atoms with Crippen molar-refractivity contribution in [3.05, 3.63) is 29.3 Å². The van der Waals surface area contributed by atoms with Crippen molar-refractivity contribution in [3.8, 4) is 5.75 Å². The third-order valence-electron chi connectivity index (χ3n) is 3.28. The number of rotatable bonds is 3. The van der Waals surface area contributed by atoms with Gasteiger partial charge < -0.3 is 9.47 Å². The van der Waals surface area contributed by atoms with Gasteiger partial charge in [0.1, 0.15) is 11.4 Å². The lowest BCUT2D eigenvalue weighted by Crippen LogP contribution is -2.37. The molecule has 0 amide bonds. The van der Waals surface area contributed by atoms with E-state index in [4.69, 9.17) is 9.47 Å². The quantitative estimate of drug-likeness (QED) is 0.795.